The highest BCUT2D eigenvalue weighted by Gasteiger charge is 2.20. The number of imidazole rings is 1. The zero-order valence-corrected chi connectivity index (χ0v) is 15.7. The number of aromatic nitrogens is 3. The minimum atomic E-state index is 0. The molecule has 1 atom stereocenters. The van der Waals surface area contributed by atoms with Crippen molar-refractivity contribution in [3.63, 3.8) is 0 Å². The van der Waals surface area contributed by atoms with Crippen LogP contribution in [0.3, 0.4) is 0 Å². The summed E-state index contributed by atoms with van der Waals surface area (Å²) in [5, 5.41) is 6.21. The molecule has 26 heavy (non-hydrogen) atoms. The molecular weight excluding hydrogens is 373 g/mol. The topological polar surface area (TPSA) is 71.8 Å². The maximum Gasteiger partial charge on any atom is 0.228 e. The molecule has 1 aliphatic heterocycles. The average Bonchev–Trinajstić information content (AvgIpc) is 3.07. The lowest BCUT2D eigenvalue weighted by Crippen LogP contribution is -2.37. The number of hydrogen-bond acceptors (Lipinski definition) is 4. The van der Waals surface area contributed by atoms with Gasteiger partial charge in [-0.15, -0.1) is 24.8 Å². The molecular formula is C18H21Cl2N5O. The summed E-state index contributed by atoms with van der Waals surface area (Å²) in [6, 6.07) is 11.7. The number of amides is 1. The number of anilines is 1. The van der Waals surface area contributed by atoms with Crippen LogP contribution in [-0.4, -0.2) is 33.5 Å². The number of halogens is 2. The molecule has 3 aromatic rings. The molecule has 3 heterocycles. The van der Waals surface area contributed by atoms with Crippen molar-refractivity contribution in [1.29, 1.82) is 0 Å². The Bertz CT molecular complexity index is 859. The second kappa shape index (κ2) is 8.98. The molecule has 2 aromatic heterocycles. The summed E-state index contributed by atoms with van der Waals surface area (Å²) in [7, 11) is 0. The van der Waals surface area contributed by atoms with Crippen LogP contribution >= 0.6 is 24.8 Å². The molecule has 1 amide bonds. The van der Waals surface area contributed by atoms with E-state index in [0.717, 1.165) is 48.5 Å². The van der Waals surface area contributed by atoms with E-state index in [-0.39, 0.29) is 36.6 Å². The van der Waals surface area contributed by atoms with E-state index in [4.69, 9.17) is 0 Å². The van der Waals surface area contributed by atoms with Gasteiger partial charge in [-0.2, -0.15) is 0 Å². The molecule has 1 fully saturated rings. The van der Waals surface area contributed by atoms with E-state index in [1.54, 1.807) is 12.5 Å². The largest absolute Gasteiger partial charge is 0.324 e. The summed E-state index contributed by atoms with van der Waals surface area (Å²) < 4.78 is 1.94. The molecule has 2 N–H and O–H groups in total. The predicted molar refractivity (Wildman–Crippen MR) is 108 cm³/mol. The fraction of sp³-hybridized carbons (Fsp3) is 0.278. The number of piperidine rings is 1. The van der Waals surface area contributed by atoms with Gasteiger partial charge in [0.1, 0.15) is 12.1 Å². The number of hydrogen-bond donors (Lipinski definition) is 2. The van der Waals surface area contributed by atoms with Crippen LogP contribution in [0.4, 0.5) is 5.69 Å². The third kappa shape index (κ3) is 4.15. The van der Waals surface area contributed by atoms with Gasteiger partial charge in [0.25, 0.3) is 0 Å². The summed E-state index contributed by atoms with van der Waals surface area (Å²) in [6.45, 7) is 1.75. The molecule has 6 nitrogen and oxygen atoms in total. The molecule has 138 valence electrons. The van der Waals surface area contributed by atoms with E-state index in [1.807, 2.05) is 41.0 Å². The predicted octanol–water partition coefficient (Wildman–Crippen LogP) is 3.20. The summed E-state index contributed by atoms with van der Waals surface area (Å²) in [6.07, 6.45) is 5.44. The van der Waals surface area contributed by atoms with Crippen molar-refractivity contribution >= 4 is 47.4 Å². The van der Waals surface area contributed by atoms with Crippen molar-refractivity contribution in [2.24, 2.45) is 5.92 Å². The quantitative estimate of drug-likeness (QED) is 0.716. The number of para-hydroxylation sites is 2. The molecule has 0 saturated carbocycles. The van der Waals surface area contributed by atoms with Crippen molar-refractivity contribution in [3.05, 3.63) is 48.9 Å². The van der Waals surface area contributed by atoms with E-state index >= 15 is 0 Å². The number of pyridine rings is 1. The molecule has 1 aromatic carbocycles. The van der Waals surface area contributed by atoms with Gasteiger partial charge in [-0.3, -0.25) is 9.36 Å². The van der Waals surface area contributed by atoms with Crippen molar-refractivity contribution in [2.75, 3.05) is 18.4 Å². The maximum absolute atomic E-state index is 12.3. The minimum Gasteiger partial charge on any atom is -0.324 e. The fourth-order valence-corrected chi connectivity index (χ4v) is 3.06. The van der Waals surface area contributed by atoms with Crippen molar-refractivity contribution < 1.29 is 4.79 Å². The van der Waals surface area contributed by atoms with E-state index in [0.29, 0.717) is 0 Å². The lowest BCUT2D eigenvalue weighted by Gasteiger charge is -2.21. The first-order valence-corrected chi connectivity index (χ1v) is 8.21. The number of benzene rings is 1. The van der Waals surface area contributed by atoms with Crippen LogP contribution in [0.15, 0.2) is 48.9 Å². The highest BCUT2D eigenvalue weighted by molar-refractivity contribution is 5.92. The van der Waals surface area contributed by atoms with E-state index in [2.05, 4.69) is 20.6 Å². The molecule has 1 saturated heterocycles. The third-order valence-corrected chi connectivity index (χ3v) is 4.38. The van der Waals surface area contributed by atoms with Crippen LogP contribution in [0.5, 0.6) is 0 Å². The summed E-state index contributed by atoms with van der Waals surface area (Å²) in [5.41, 5.74) is 2.66. The van der Waals surface area contributed by atoms with Gasteiger partial charge in [-0.25, -0.2) is 9.97 Å². The van der Waals surface area contributed by atoms with E-state index in [1.165, 1.54) is 0 Å². The van der Waals surface area contributed by atoms with Gasteiger partial charge in [0.15, 0.2) is 0 Å². The van der Waals surface area contributed by atoms with Gasteiger partial charge in [0, 0.05) is 6.54 Å². The lowest BCUT2D eigenvalue weighted by atomic mass is 9.99. The molecule has 0 radical (unpaired) electrons. The third-order valence-electron chi connectivity index (χ3n) is 4.38. The number of nitrogens with zero attached hydrogens (tertiary/aromatic N) is 3. The molecule has 1 unspecified atom stereocenters. The van der Waals surface area contributed by atoms with Crippen LogP contribution in [0.1, 0.15) is 12.8 Å². The summed E-state index contributed by atoms with van der Waals surface area (Å²) in [5.74, 6) is 0.877. The normalized spacial score (nSPS) is 16.4. The Hall–Kier alpha value is -2.15. The number of carbonyl (C=O) groups is 1. The van der Waals surface area contributed by atoms with Gasteiger partial charge in [0.2, 0.25) is 5.91 Å². The first kappa shape index (κ1) is 20.2. The highest BCUT2D eigenvalue weighted by atomic mass is 35.5. The Kier molecular flexibility index (Phi) is 6.97. The smallest absolute Gasteiger partial charge is 0.228 e. The SMILES string of the molecule is Cl.Cl.O=C(Nc1ccc(-n2cnc3ccccc32)nc1)C1CCCNC1. The van der Waals surface area contributed by atoms with Crippen molar-refractivity contribution in [1.82, 2.24) is 19.9 Å². The number of rotatable bonds is 3. The Morgan fingerprint density at radius 1 is 1.15 bits per heavy atom. The number of nitrogens with one attached hydrogen (secondary N) is 2. The molecule has 8 heteroatoms. The van der Waals surface area contributed by atoms with Crippen LogP contribution < -0.4 is 10.6 Å². The Labute approximate surface area is 164 Å². The Balaban J connectivity index is 0.00000121. The average molecular weight is 394 g/mol. The standard InChI is InChI=1S/C18H19N5O.2ClH/c24-18(13-4-3-9-19-10-13)22-14-7-8-17(20-11-14)23-12-21-15-5-1-2-6-16(15)23;;/h1-2,5-8,11-13,19H,3-4,9-10H2,(H,22,24);2*1H. The molecule has 1 aliphatic rings. The van der Waals surface area contributed by atoms with Crippen LogP contribution in [0, 0.1) is 5.92 Å². The fourth-order valence-electron chi connectivity index (χ4n) is 3.06. The van der Waals surface area contributed by atoms with Crippen molar-refractivity contribution in [3.8, 4) is 5.82 Å². The zero-order chi connectivity index (χ0) is 16.4. The first-order chi connectivity index (χ1) is 11.8. The lowest BCUT2D eigenvalue weighted by molar-refractivity contribution is -0.120. The van der Waals surface area contributed by atoms with Gasteiger partial charge in [-0.05, 0) is 43.7 Å². The Morgan fingerprint density at radius 3 is 2.73 bits per heavy atom. The second-order valence-corrected chi connectivity index (χ2v) is 6.04. The van der Waals surface area contributed by atoms with Crippen molar-refractivity contribution in [2.45, 2.75) is 12.8 Å². The maximum atomic E-state index is 12.3. The monoisotopic (exact) mass is 393 g/mol. The van der Waals surface area contributed by atoms with E-state index < -0.39 is 0 Å². The van der Waals surface area contributed by atoms with Gasteiger partial charge >= 0.3 is 0 Å². The highest BCUT2D eigenvalue weighted by Crippen LogP contribution is 2.18. The summed E-state index contributed by atoms with van der Waals surface area (Å²) >= 11 is 0. The number of fused-ring (bicyclic) bond motifs is 1. The molecule has 0 aliphatic carbocycles. The van der Waals surface area contributed by atoms with Gasteiger partial charge in [0.05, 0.1) is 28.8 Å². The minimum absolute atomic E-state index is 0. The van der Waals surface area contributed by atoms with Crippen LogP contribution in [-0.2, 0) is 4.79 Å². The Morgan fingerprint density at radius 2 is 2.00 bits per heavy atom. The first-order valence-electron chi connectivity index (χ1n) is 8.21. The van der Waals surface area contributed by atoms with Gasteiger partial charge in [-0.1, -0.05) is 12.1 Å². The van der Waals surface area contributed by atoms with E-state index in [9.17, 15) is 4.79 Å². The van der Waals surface area contributed by atoms with Crippen LogP contribution in [0.2, 0.25) is 0 Å². The van der Waals surface area contributed by atoms with Crippen LogP contribution in [0.25, 0.3) is 16.9 Å². The summed E-state index contributed by atoms with van der Waals surface area (Å²) in [4.78, 5) is 21.1. The second-order valence-electron chi connectivity index (χ2n) is 6.04. The van der Waals surface area contributed by atoms with Gasteiger partial charge < -0.3 is 10.6 Å². The molecule has 0 spiro atoms. The molecule has 0 bridgehead atoms. The zero-order valence-electron chi connectivity index (χ0n) is 14.1. The number of carbonyl (C=O) groups excluding carboxylic acids is 1. The molecule has 4 rings (SSSR count).